The van der Waals surface area contributed by atoms with E-state index in [2.05, 4.69) is 26.0 Å². The average Bonchev–Trinajstić information content (AvgIpc) is 3.17. The van der Waals surface area contributed by atoms with Gasteiger partial charge in [-0.05, 0) is 44.0 Å². The molecule has 0 fully saturated rings. The molecule has 154 valence electrons. The van der Waals surface area contributed by atoms with E-state index in [-0.39, 0.29) is 35.7 Å². The largest absolute Gasteiger partial charge is 0.357 e. The van der Waals surface area contributed by atoms with Crippen molar-refractivity contribution in [3.8, 4) is 0 Å². The van der Waals surface area contributed by atoms with Crippen molar-refractivity contribution < 1.29 is 9.18 Å². The molecule has 0 unspecified atom stereocenters. The number of rotatable bonds is 9. The summed E-state index contributed by atoms with van der Waals surface area (Å²) in [7, 11) is 0. The Morgan fingerprint density at radius 3 is 2.71 bits per heavy atom. The first-order valence-electron chi connectivity index (χ1n) is 9.14. The number of halogens is 2. The Bertz CT molecular complexity index is 751. The predicted molar refractivity (Wildman–Crippen MR) is 120 cm³/mol. The Morgan fingerprint density at radius 2 is 2.04 bits per heavy atom. The molecule has 0 saturated heterocycles. The van der Waals surface area contributed by atoms with E-state index in [1.165, 1.54) is 6.07 Å². The molecule has 1 aromatic carbocycles. The summed E-state index contributed by atoms with van der Waals surface area (Å²) in [5, 5.41) is 13.3. The van der Waals surface area contributed by atoms with Crippen molar-refractivity contribution in [2.45, 2.75) is 26.8 Å². The fraction of sp³-hybridized carbons (Fsp3) is 0.421. The summed E-state index contributed by atoms with van der Waals surface area (Å²) in [4.78, 5) is 16.5. The van der Waals surface area contributed by atoms with E-state index in [1.54, 1.807) is 25.3 Å². The molecule has 7 nitrogen and oxygen atoms in total. The highest BCUT2D eigenvalue weighted by atomic mass is 127. The number of nitrogens with zero attached hydrogens (tertiary/aromatic N) is 3. The molecule has 2 aromatic rings. The minimum absolute atomic E-state index is 0. The summed E-state index contributed by atoms with van der Waals surface area (Å²) < 4.78 is 15.4. The van der Waals surface area contributed by atoms with Gasteiger partial charge in [0.05, 0.1) is 0 Å². The first kappa shape index (κ1) is 23.9. The number of hydrogen-bond donors (Lipinski definition) is 3. The Labute approximate surface area is 182 Å². The molecule has 0 aliphatic carbocycles. The Morgan fingerprint density at radius 1 is 1.25 bits per heavy atom. The molecule has 3 N–H and O–H groups in total. The van der Waals surface area contributed by atoms with Gasteiger partial charge in [-0.15, -0.1) is 24.0 Å². The second-order valence-electron chi connectivity index (χ2n) is 6.03. The molecule has 1 aromatic heterocycles. The lowest BCUT2D eigenvalue weighted by Gasteiger charge is -2.12. The lowest BCUT2D eigenvalue weighted by atomic mass is 10.1. The smallest absolute Gasteiger partial charge is 0.251 e. The Balaban J connectivity index is 0.00000392. The fourth-order valence-electron chi connectivity index (χ4n) is 2.39. The molecule has 0 radical (unpaired) electrons. The van der Waals surface area contributed by atoms with E-state index in [0.717, 1.165) is 19.5 Å². The Hall–Kier alpha value is -2.17. The second-order valence-corrected chi connectivity index (χ2v) is 6.03. The molecule has 1 amide bonds. The van der Waals surface area contributed by atoms with Gasteiger partial charge in [0.1, 0.15) is 5.82 Å². The summed E-state index contributed by atoms with van der Waals surface area (Å²) in [5.41, 5.74) is 0.838. The fourth-order valence-corrected chi connectivity index (χ4v) is 2.39. The van der Waals surface area contributed by atoms with E-state index < -0.39 is 0 Å². The number of amides is 1. The monoisotopic (exact) mass is 502 g/mol. The van der Waals surface area contributed by atoms with Crippen molar-refractivity contribution in [1.82, 2.24) is 25.7 Å². The van der Waals surface area contributed by atoms with Crippen LogP contribution >= 0.6 is 24.0 Å². The zero-order chi connectivity index (χ0) is 19.5. The summed E-state index contributed by atoms with van der Waals surface area (Å²) in [6.45, 7) is 6.83. The third kappa shape index (κ3) is 8.24. The maximum atomic E-state index is 13.5. The average molecular weight is 502 g/mol. The number of carbonyl (C=O) groups excluding carboxylic acids is 1. The van der Waals surface area contributed by atoms with Crippen molar-refractivity contribution in [2.75, 3.05) is 26.2 Å². The van der Waals surface area contributed by atoms with Gasteiger partial charge in [0.2, 0.25) is 0 Å². The van der Waals surface area contributed by atoms with E-state index in [1.807, 2.05) is 23.9 Å². The topological polar surface area (TPSA) is 83.3 Å². The molecule has 0 aliphatic rings. The van der Waals surface area contributed by atoms with Gasteiger partial charge in [-0.25, -0.2) is 4.39 Å². The van der Waals surface area contributed by atoms with Gasteiger partial charge >= 0.3 is 0 Å². The van der Waals surface area contributed by atoms with Gasteiger partial charge < -0.3 is 16.0 Å². The number of guanidine groups is 1. The summed E-state index contributed by atoms with van der Waals surface area (Å²) in [6.07, 6.45) is 4.57. The summed E-state index contributed by atoms with van der Waals surface area (Å²) >= 11 is 0. The lowest BCUT2D eigenvalue weighted by Crippen LogP contribution is -2.41. The highest BCUT2D eigenvalue weighted by molar-refractivity contribution is 14.0. The van der Waals surface area contributed by atoms with Crippen LogP contribution in [0.3, 0.4) is 0 Å². The highest BCUT2D eigenvalue weighted by Gasteiger charge is 2.07. The van der Waals surface area contributed by atoms with Crippen molar-refractivity contribution in [3.05, 3.63) is 53.6 Å². The number of aliphatic imine (C=N–C) groups is 1. The Kier molecular flexibility index (Phi) is 11.2. The van der Waals surface area contributed by atoms with Crippen LogP contribution in [0, 0.1) is 12.7 Å². The summed E-state index contributed by atoms with van der Waals surface area (Å²) in [6, 6.07) is 6.37. The molecule has 0 bridgehead atoms. The minimum atomic E-state index is -0.377. The third-order valence-electron chi connectivity index (χ3n) is 3.86. The number of nitrogens with one attached hydrogen (secondary N) is 3. The van der Waals surface area contributed by atoms with Gasteiger partial charge in [0.25, 0.3) is 5.91 Å². The van der Waals surface area contributed by atoms with E-state index in [0.29, 0.717) is 36.7 Å². The SMILES string of the molecule is CCNC(=NCCCn1cccn1)NCCNC(=O)c1ccc(C)c(F)c1.I. The van der Waals surface area contributed by atoms with Crippen LogP contribution in [0.1, 0.15) is 29.3 Å². The van der Waals surface area contributed by atoms with Crippen LogP contribution in [-0.4, -0.2) is 47.8 Å². The van der Waals surface area contributed by atoms with Crippen molar-refractivity contribution in [2.24, 2.45) is 4.99 Å². The number of benzene rings is 1. The van der Waals surface area contributed by atoms with Gasteiger partial charge in [-0.2, -0.15) is 5.10 Å². The first-order valence-corrected chi connectivity index (χ1v) is 9.14. The molecule has 28 heavy (non-hydrogen) atoms. The van der Waals surface area contributed by atoms with Crippen LogP contribution in [0.5, 0.6) is 0 Å². The van der Waals surface area contributed by atoms with E-state index in [4.69, 9.17) is 0 Å². The minimum Gasteiger partial charge on any atom is -0.357 e. The molecule has 0 aliphatic heterocycles. The number of aromatic nitrogens is 2. The second kappa shape index (κ2) is 13.1. The van der Waals surface area contributed by atoms with Crippen LogP contribution in [0.4, 0.5) is 4.39 Å². The van der Waals surface area contributed by atoms with Crippen molar-refractivity contribution in [1.29, 1.82) is 0 Å². The van der Waals surface area contributed by atoms with Crippen LogP contribution in [0.2, 0.25) is 0 Å². The van der Waals surface area contributed by atoms with Gasteiger partial charge in [0.15, 0.2) is 5.96 Å². The maximum absolute atomic E-state index is 13.5. The van der Waals surface area contributed by atoms with Gasteiger partial charge in [-0.3, -0.25) is 14.5 Å². The lowest BCUT2D eigenvalue weighted by molar-refractivity contribution is 0.0954. The summed E-state index contributed by atoms with van der Waals surface area (Å²) in [5.74, 6) is 0.0305. The molecule has 1 heterocycles. The quantitative estimate of drug-likeness (QED) is 0.213. The van der Waals surface area contributed by atoms with Crippen molar-refractivity contribution >= 4 is 35.8 Å². The van der Waals surface area contributed by atoms with E-state index in [9.17, 15) is 9.18 Å². The standard InChI is InChI=1S/C19H27FN6O.HI/c1-3-21-19(23-8-4-12-26-13-5-9-25-26)24-11-10-22-18(27)16-7-6-15(2)17(20)14-16;/h5-7,9,13-14H,3-4,8,10-12H2,1-2H3,(H,22,27)(H2,21,23,24);1H. The van der Waals surface area contributed by atoms with Gasteiger partial charge in [0, 0.05) is 50.7 Å². The van der Waals surface area contributed by atoms with Crippen LogP contribution in [-0.2, 0) is 6.54 Å². The predicted octanol–water partition coefficient (Wildman–Crippen LogP) is 2.32. The number of hydrogen-bond acceptors (Lipinski definition) is 3. The molecule has 2 rings (SSSR count). The third-order valence-corrected chi connectivity index (χ3v) is 3.86. The zero-order valence-electron chi connectivity index (χ0n) is 16.2. The first-order chi connectivity index (χ1) is 13.1. The molecule has 0 saturated carbocycles. The van der Waals surface area contributed by atoms with Crippen LogP contribution < -0.4 is 16.0 Å². The maximum Gasteiger partial charge on any atom is 0.251 e. The van der Waals surface area contributed by atoms with E-state index >= 15 is 0 Å². The highest BCUT2D eigenvalue weighted by Crippen LogP contribution is 2.08. The van der Waals surface area contributed by atoms with Crippen LogP contribution in [0.15, 0.2) is 41.7 Å². The molecule has 0 spiro atoms. The number of aryl methyl sites for hydroxylation is 2. The molecule has 9 heteroatoms. The van der Waals surface area contributed by atoms with Gasteiger partial charge in [-0.1, -0.05) is 6.07 Å². The zero-order valence-corrected chi connectivity index (χ0v) is 18.6. The normalized spacial score (nSPS) is 10.9. The van der Waals surface area contributed by atoms with Crippen molar-refractivity contribution in [3.63, 3.8) is 0 Å². The molecular formula is C19H28FIN6O. The number of carbonyl (C=O) groups is 1. The van der Waals surface area contributed by atoms with Crippen LogP contribution in [0.25, 0.3) is 0 Å². The molecular weight excluding hydrogens is 474 g/mol. The molecule has 0 atom stereocenters.